The molecule has 16 heavy (non-hydrogen) atoms. The SMILES string of the molecule is Cc1ccccc1/C(O)=C/C(=O)C(F)(F)F. The predicted molar refractivity (Wildman–Crippen MR) is 52.8 cm³/mol. The minimum Gasteiger partial charge on any atom is -0.507 e. The zero-order valence-electron chi connectivity index (χ0n) is 8.38. The first-order valence-corrected chi connectivity index (χ1v) is 4.40. The normalized spacial score (nSPS) is 12.6. The molecule has 0 aliphatic heterocycles. The van der Waals surface area contributed by atoms with Crippen molar-refractivity contribution in [1.82, 2.24) is 0 Å². The Labute approximate surface area is 90.0 Å². The lowest BCUT2D eigenvalue weighted by Gasteiger charge is -2.05. The maximum Gasteiger partial charge on any atom is 0.454 e. The number of allylic oxidation sites excluding steroid dienone is 1. The van der Waals surface area contributed by atoms with Gasteiger partial charge in [-0.1, -0.05) is 24.3 Å². The van der Waals surface area contributed by atoms with Crippen LogP contribution in [-0.2, 0) is 4.79 Å². The average molecular weight is 230 g/mol. The van der Waals surface area contributed by atoms with Gasteiger partial charge in [0.1, 0.15) is 5.76 Å². The van der Waals surface area contributed by atoms with E-state index in [0.29, 0.717) is 5.56 Å². The second kappa shape index (κ2) is 4.38. The van der Waals surface area contributed by atoms with E-state index in [1.807, 2.05) is 0 Å². The summed E-state index contributed by atoms with van der Waals surface area (Å²) in [5.41, 5.74) is 0.798. The molecule has 0 amide bonds. The monoisotopic (exact) mass is 230 g/mol. The number of aryl methyl sites for hydroxylation is 1. The largest absolute Gasteiger partial charge is 0.507 e. The van der Waals surface area contributed by atoms with Crippen molar-refractivity contribution in [3.8, 4) is 0 Å². The highest BCUT2D eigenvalue weighted by atomic mass is 19.4. The molecule has 86 valence electrons. The van der Waals surface area contributed by atoms with Crippen LogP contribution < -0.4 is 0 Å². The van der Waals surface area contributed by atoms with Crippen LogP contribution in [0.5, 0.6) is 0 Å². The molecular formula is C11H9F3O2. The van der Waals surface area contributed by atoms with Crippen molar-refractivity contribution in [2.24, 2.45) is 0 Å². The van der Waals surface area contributed by atoms with Gasteiger partial charge in [0.2, 0.25) is 0 Å². The van der Waals surface area contributed by atoms with Crippen molar-refractivity contribution in [1.29, 1.82) is 0 Å². The number of alkyl halides is 3. The van der Waals surface area contributed by atoms with E-state index >= 15 is 0 Å². The third kappa shape index (κ3) is 2.85. The quantitative estimate of drug-likeness (QED) is 0.626. The second-order valence-corrected chi connectivity index (χ2v) is 3.21. The Morgan fingerprint density at radius 2 is 1.88 bits per heavy atom. The minimum absolute atomic E-state index is 0.183. The van der Waals surface area contributed by atoms with Crippen molar-refractivity contribution in [3.63, 3.8) is 0 Å². The molecule has 0 atom stereocenters. The van der Waals surface area contributed by atoms with Crippen molar-refractivity contribution >= 4 is 11.5 Å². The van der Waals surface area contributed by atoms with Gasteiger partial charge >= 0.3 is 6.18 Å². The number of aliphatic hydroxyl groups excluding tert-OH is 1. The summed E-state index contributed by atoms with van der Waals surface area (Å²) < 4.78 is 35.8. The van der Waals surface area contributed by atoms with Crippen molar-refractivity contribution < 1.29 is 23.1 Å². The fourth-order valence-corrected chi connectivity index (χ4v) is 1.14. The highest BCUT2D eigenvalue weighted by Gasteiger charge is 2.37. The van der Waals surface area contributed by atoms with Crippen LogP contribution in [-0.4, -0.2) is 17.1 Å². The zero-order valence-corrected chi connectivity index (χ0v) is 8.38. The first-order chi connectivity index (χ1) is 7.32. The van der Waals surface area contributed by atoms with Gasteiger partial charge in [-0.05, 0) is 12.5 Å². The summed E-state index contributed by atoms with van der Waals surface area (Å²) in [5.74, 6) is -2.76. The smallest absolute Gasteiger partial charge is 0.454 e. The topological polar surface area (TPSA) is 37.3 Å². The van der Waals surface area contributed by atoms with Crippen LogP contribution in [0.25, 0.3) is 5.76 Å². The van der Waals surface area contributed by atoms with Gasteiger partial charge in [-0.15, -0.1) is 0 Å². The molecule has 0 heterocycles. The molecule has 0 fully saturated rings. The van der Waals surface area contributed by atoms with E-state index in [4.69, 9.17) is 0 Å². The molecule has 0 spiro atoms. The van der Waals surface area contributed by atoms with Gasteiger partial charge in [0, 0.05) is 11.6 Å². The van der Waals surface area contributed by atoms with E-state index in [2.05, 4.69) is 0 Å². The van der Waals surface area contributed by atoms with Gasteiger partial charge in [-0.3, -0.25) is 4.79 Å². The summed E-state index contributed by atoms with van der Waals surface area (Å²) in [5, 5.41) is 9.38. The molecule has 0 radical (unpaired) electrons. The number of hydrogen-bond donors (Lipinski definition) is 1. The standard InChI is InChI=1S/C11H9F3O2/c1-7-4-2-3-5-8(7)9(15)6-10(16)11(12,13)14/h2-6,15H,1H3/b9-6-. The number of carbonyl (C=O) groups is 1. The van der Waals surface area contributed by atoms with E-state index in [0.717, 1.165) is 0 Å². The van der Waals surface area contributed by atoms with Gasteiger partial charge in [0.25, 0.3) is 5.78 Å². The number of halogens is 3. The Hall–Kier alpha value is -1.78. The van der Waals surface area contributed by atoms with Crippen molar-refractivity contribution in [2.75, 3.05) is 0 Å². The number of hydrogen-bond acceptors (Lipinski definition) is 2. The molecule has 1 rings (SSSR count). The van der Waals surface area contributed by atoms with Gasteiger partial charge in [0.05, 0.1) is 0 Å². The molecule has 0 aliphatic rings. The fraction of sp³-hybridized carbons (Fsp3) is 0.182. The van der Waals surface area contributed by atoms with E-state index in [1.165, 1.54) is 6.07 Å². The van der Waals surface area contributed by atoms with E-state index in [1.54, 1.807) is 25.1 Å². The van der Waals surface area contributed by atoms with Crippen molar-refractivity contribution in [2.45, 2.75) is 13.1 Å². The lowest BCUT2D eigenvalue weighted by molar-refractivity contribution is -0.165. The lowest BCUT2D eigenvalue weighted by Crippen LogP contribution is -2.20. The van der Waals surface area contributed by atoms with Crippen LogP contribution in [0, 0.1) is 6.92 Å². The summed E-state index contributed by atoms with van der Waals surface area (Å²) in [4.78, 5) is 10.6. The summed E-state index contributed by atoms with van der Waals surface area (Å²) in [7, 11) is 0. The van der Waals surface area contributed by atoms with Gasteiger partial charge in [-0.25, -0.2) is 0 Å². The van der Waals surface area contributed by atoms with E-state index < -0.39 is 17.7 Å². The molecule has 2 nitrogen and oxygen atoms in total. The molecular weight excluding hydrogens is 221 g/mol. The summed E-state index contributed by atoms with van der Waals surface area (Å²) in [6.07, 6.45) is -4.78. The predicted octanol–water partition coefficient (Wildman–Crippen LogP) is 3.03. The zero-order chi connectivity index (χ0) is 12.3. The molecule has 1 aromatic rings. The Balaban J connectivity index is 3.04. The summed E-state index contributed by atoms with van der Waals surface area (Å²) in [6.45, 7) is 1.62. The molecule has 1 aromatic carbocycles. The number of benzene rings is 1. The highest BCUT2D eigenvalue weighted by Crippen LogP contribution is 2.21. The third-order valence-electron chi connectivity index (χ3n) is 1.97. The van der Waals surface area contributed by atoms with Crippen molar-refractivity contribution in [3.05, 3.63) is 41.5 Å². The fourth-order valence-electron chi connectivity index (χ4n) is 1.14. The van der Waals surface area contributed by atoms with E-state index in [9.17, 15) is 23.1 Å². The Kier molecular flexibility index (Phi) is 3.37. The molecule has 5 heteroatoms. The van der Waals surface area contributed by atoms with E-state index in [-0.39, 0.29) is 11.6 Å². The molecule has 0 unspecified atom stereocenters. The second-order valence-electron chi connectivity index (χ2n) is 3.21. The summed E-state index contributed by atoms with van der Waals surface area (Å²) in [6, 6.07) is 6.30. The molecule has 0 aromatic heterocycles. The number of ketones is 1. The van der Waals surface area contributed by atoms with Crippen LogP contribution >= 0.6 is 0 Å². The molecule has 0 saturated heterocycles. The highest BCUT2D eigenvalue weighted by molar-refractivity contribution is 5.99. The Bertz CT molecular complexity index is 433. The molecule has 1 N–H and O–H groups in total. The maximum atomic E-state index is 11.9. The third-order valence-corrected chi connectivity index (χ3v) is 1.97. The number of carbonyl (C=O) groups excluding carboxylic acids is 1. The van der Waals surface area contributed by atoms with Crippen LogP contribution in [0.2, 0.25) is 0 Å². The molecule has 0 bridgehead atoms. The Morgan fingerprint density at radius 1 is 1.31 bits per heavy atom. The van der Waals surface area contributed by atoms with Gasteiger partial charge < -0.3 is 5.11 Å². The summed E-state index contributed by atoms with van der Waals surface area (Å²) >= 11 is 0. The molecule has 0 saturated carbocycles. The van der Waals surface area contributed by atoms with Crippen LogP contribution in [0.1, 0.15) is 11.1 Å². The van der Waals surface area contributed by atoms with Gasteiger partial charge in [0.15, 0.2) is 0 Å². The van der Waals surface area contributed by atoms with Crippen LogP contribution in [0.15, 0.2) is 30.3 Å². The minimum atomic E-state index is -4.96. The number of rotatable bonds is 2. The first-order valence-electron chi connectivity index (χ1n) is 4.40. The average Bonchev–Trinajstić information content (AvgIpc) is 2.16. The van der Waals surface area contributed by atoms with Gasteiger partial charge in [-0.2, -0.15) is 13.2 Å². The van der Waals surface area contributed by atoms with Crippen LogP contribution in [0.4, 0.5) is 13.2 Å². The number of aliphatic hydroxyl groups is 1. The van der Waals surface area contributed by atoms with Crippen LogP contribution in [0.3, 0.4) is 0 Å². The lowest BCUT2D eigenvalue weighted by atomic mass is 10.1. The maximum absolute atomic E-state index is 11.9. The first kappa shape index (κ1) is 12.3. The molecule has 0 aliphatic carbocycles. The Morgan fingerprint density at radius 3 is 2.38 bits per heavy atom.